The van der Waals surface area contributed by atoms with Crippen LogP contribution in [-0.2, 0) is 24.7 Å². The first kappa shape index (κ1) is 14.8. The fraction of sp³-hybridized carbons (Fsp3) is 0.0769. The predicted octanol–water partition coefficient (Wildman–Crippen LogP) is -2.90. The van der Waals surface area contributed by atoms with Crippen LogP contribution in [0.25, 0.3) is 11.8 Å². The van der Waals surface area contributed by atoms with Gasteiger partial charge < -0.3 is 24.8 Å². The molecule has 3 rings (SSSR count). The molecule has 1 aromatic heterocycles. The maximum absolute atomic E-state index is 2.30. The Morgan fingerprint density at radius 2 is 1.59 bits per heavy atom. The molecule has 0 N–H and O–H groups in total. The standard InChI is InChI=1S/C13H10N.2ClH.Zr/c1-2-6-12-10-13(9-11(12)5-1)14-7-3-4-8-14;;;/h1-10H;2*1H;/q;;;+2/p-2. The number of rotatable bonds is 1. The second-order valence-electron chi connectivity index (χ2n) is 3.72. The molecule has 1 unspecified atom stereocenters. The Bertz CT molecular complexity index is 520. The van der Waals surface area contributed by atoms with Gasteiger partial charge in [-0.2, -0.15) is 0 Å². The normalized spacial score (nSPS) is 16.6. The third-order valence-electron chi connectivity index (χ3n) is 2.81. The molecule has 17 heavy (non-hydrogen) atoms. The molecule has 2 aromatic rings. The van der Waals surface area contributed by atoms with Crippen LogP contribution in [0.1, 0.15) is 14.8 Å². The quantitative estimate of drug-likeness (QED) is 0.524. The van der Waals surface area contributed by atoms with E-state index < -0.39 is 0 Å². The molecular weight excluding hydrogens is 332 g/mol. The van der Waals surface area contributed by atoms with Crippen LogP contribution in [0.4, 0.5) is 0 Å². The summed E-state index contributed by atoms with van der Waals surface area (Å²) in [4.78, 5) is 0. The molecule has 1 nitrogen and oxygen atoms in total. The van der Waals surface area contributed by atoms with Crippen molar-refractivity contribution >= 4 is 11.8 Å². The summed E-state index contributed by atoms with van der Waals surface area (Å²) in [6.07, 6.45) is 6.54. The van der Waals surface area contributed by atoms with E-state index in [1.807, 2.05) is 0 Å². The summed E-state index contributed by atoms with van der Waals surface area (Å²) in [5.41, 5.74) is 4.25. The summed E-state index contributed by atoms with van der Waals surface area (Å²) in [5.74, 6) is 0. The number of benzene rings is 1. The van der Waals surface area contributed by atoms with Gasteiger partial charge in [0.1, 0.15) is 0 Å². The molecule has 0 saturated heterocycles. The van der Waals surface area contributed by atoms with Crippen LogP contribution in [0.2, 0.25) is 0 Å². The first-order valence-electron chi connectivity index (χ1n) is 5.01. The van der Waals surface area contributed by atoms with Gasteiger partial charge in [-0.05, 0) is 0 Å². The van der Waals surface area contributed by atoms with Crippen LogP contribution in [-0.4, -0.2) is 4.57 Å². The molecule has 0 aliphatic heterocycles. The number of fused-ring (bicyclic) bond motifs is 1. The first-order valence-corrected chi connectivity index (χ1v) is 6.43. The van der Waals surface area contributed by atoms with Crippen LogP contribution in [0.15, 0.2) is 48.8 Å². The molecule has 4 heteroatoms. The van der Waals surface area contributed by atoms with Crippen molar-refractivity contribution in [2.75, 3.05) is 0 Å². The maximum atomic E-state index is 2.30. The van der Waals surface area contributed by atoms with Crippen molar-refractivity contribution in [3.8, 4) is 0 Å². The second-order valence-corrected chi connectivity index (χ2v) is 5.14. The first-order chi connectivity index (χ1) is 7.36. The van der Waals surface area contributed by atoms with Gasteiger partial charge in [-0.1, -0.05) is 0 Å². The molecule has 0 bridgehead atoms. The van der Waals surface area contributed by atoms with Crippen LogP contribution in [0.3, 0.4) is 0 Å². The van der Waals surface area contributed by atoms with E-state index in [9.17, 15) is 0 Å². The number of hydrogen-bond donors (Lipinski definition) is 0. The van der Waals surface area contributed by atoms with Crippen LogP contribution in [0, 0.1) is 0 Å². The van der Waals surface area contributed by atoms with Crippen LogP contribution >= 0.6 is 0 Å². The van der Waals surface area contributed by atoms with Gasteiger partial charge in [-0.3, -0.25) is 0 Å². The average molecular weight is 342 g/mol. The monoisotopic (exact) mass is 340 g/mol. The van der Waals surface area contributed by atoms with E-state index in [1.165, 1.54) is 16.8 Å². The molecule has 0 amide bonds. The molecule has 0 spiro atoms. The zero-order chi connectivity index (χ0) is 10.3. The van der Waals surface area contributed by atoms with Crippen molar-refractivity contribution in [2.45, 2.75) is 3.63 Å². The minimum atomic E-state index is 0. The second kappa shape index (κ2) is 6.04. The van der Waals surface area contributed by atoms with Gasteiger partial charge in [0.05, 0.1) is 0 Å². The molecule has 1 aliphatic rings. The molecule has 1 aliphatic carbocycles. The zero-order valence-corrected chi connectivity index (χ0v) is 12.9. The zero-order valence-electron chi connectivity index (χ0n) is 8.98. The minimum absolute atomic E-state index is 0. The summed E-state index contributed by atoms with van der Waals surface area (Å²) in [6, 6.07) is 12.8. The number of allylic oxidation sites excluding steroid dienone is 1. The SMILES string of the molecule is [Cl-].[Cl-].[Zr+2][CH]1C(n2cccc2)=Cc2ccccc21. The number of hydrogen-bond acceptors (Lipinski definition) is 0. The molecular formula is C13H10Cl2NZr. The third kappa shape index (κ3) is 2.60. The van der Waals surface area contributed by atoms with Crippen LogP contribution < -0.4 is 24.8 Å². The van der Waals surface area contributed by atoms with Crippen LogP contribution in [0.5, 0.6) is 0 Å². The molecule has 1 aromatic carbocycles. The Balaban J connectivity index is 0.000000722. The van der Waals surface area contributed by atoms with Gasteiger partial charge in [0.15, 0.2) is 0 Å². The van der Waals surface area contributed by atoms with Crippen molar-refractivity contribution < 1.29 is 49.5 Å². The Kier molecular flexibility index (Phi) is 5.25. The summed E-state index contributed by atoms with van der Waals surface area (Å²) in [5, 5.41) is 0. The molecule has 85 valence electrons. The third-order valence-corrected chi connectivity index (χ3v) is 4.30. The van der Waals surface area contributed by atoms with Crippen molar-refractivity contribution in [1.82, 2.24) is 4.57 Å². The van der Waals surface area contributed by atoms with Gasteiger partial charge in [0.2, 0.25) is 0 Å². The van der Waals surface area contributed by atoms with Gasteiger partial charge in [0.25, 0.3) is 0 Å². The van der Waals surface area contributed by atoms with Crippen molar-refractivity contribution in [1.29, 1.82) is 0 Å². The van der Waals surface area contributed by atoms with Gasteiger partial charge in [0, 0.05) is 0 Å². The van der Waals surface area contributed by atoms with Crippen molar-refractivity contribution in [3.63, 3.8) is 0 Å². The van der Waals surface area contributed by atoms with E-state index in [0.29, 0.717) is 3.63 Å². The predicted molar refractivity (Wildman–Crippen MR) is 57.8 cm³/mol. The van der Waals surface area contributed by atoms with E-state index in [2.05, 4.69) is 59.4 Å². The Morgan fingerprint density at radius 3 is 2.24 bits per heavy atom. The summed E-state index contributed by atoms with van der Waals surface area (Å²) in [6.45, 7) is 0. The summed E-state index contributed by atoms with van der Waals surface area (Å²) in [7, 11) is 0. The number of aromatic nitrogens is 1. The van der Waals surface area contributed by atoms with Crippen molar-refractivity contribution in [3.05, 3.63) is 59.9 Å². The molecule has 1 heterocycles. The van der Waals surface area contributed by atoms with E-state index >= 15 is 0 Å². The van der Waals surface area contributed by atoms with Gasteiger partial charge in [-0.15, -0.1) is 0 Å². The summed E-state index contributed by atoms with van der Waals surface area (Å²) < 4.78 is 2.81. The topological polar surface area (TPSA) is 4.93 Å². The molecule has 0 radical (unpaired) electrons. The Morgan fingerprint density at radius 1 is 0.941 bits per heavy atom. The fourth-order valence-corrected chi connectivity index (χ4v) is 3.25. The summed E-state index contributed by atoms with van der Waals surface area (Å²) >= 11 is 1.55. The number of nitrogens with zero attached hydrogens (tertiary/aromatic N) is 1. The number of halogens is 2. The van der Waals surface area contributed by atoms with Crippen molar-refractivity contribution in [2.24, 2.45) is 0 Å². The van der Waals surface area contributed by atoms with Gasteiger partial charge in [-0.25, -0.2) is 0 Å². The van der Waals surface area contributed by atoms with E-state index in [0.717, 1.165) is 0 Å². The average Bonchev–Trinajstić information content (AvgIpc) is 2.87. The Hall–Kier alpha value is -0.297. The fourth-order valence-electron chi connectivity index (χ4n) is 2.04. The molecule has 1 atom stereocenters. The molecule has 0 fully saturated rings. The van der Waals surface area contributed by atoms with E-state index in [1.54, 1.807) is 24.7 Å². The van der Waals surface area contributed by atoms with E-state index in [-0.39, 0.29) is 24.8 Å². The molecule has 0 saturated carbocycles. The van der Waals surface area contributed by atoms with E-state index in [4.69, 9.17) is 0 Å². The van der Waals surface area contributed by atoms with Gasteiger partial charge >= 0.3 is 105 Å². The Labute approximate surface area is 129 Å².